The van der Waals surface area contributed by atoms with E-state index in [1.807, 2.05) is 42.7 Å². The van der Waals surface area contributed by atoms with Gasteiger partial charge in [0.2, 0.25) is 0 Å². The van der Waals surface area contributed by atoms with Crippen LogP contribution in [0.2, 0.25) is 0 Å². The van der Waals surface area contributed by atoms with E-state index >= 15 is 0 Å². The van der Waals surface area contributed by atoms with E-state index in [-0.39, 0.29) is 12.3 Å². The van der Waals surface area contributed by atoms with Crippen molar-refractivity contribution in [2.24, 2.45) is 0 Å². The number of Topliss-reactive ketones (excluding diaryl/α,β-unsaturated/α-hetero) is 1. The Bertz CT molecular complexity index is 1360. The van der Waals surface area contributed by atoms with Crippen LogP contribution >= 0.6 is 0 Å². The summed E-state index contributed by atoms with van der Waals surface area (Å²) in [6.07, 6.45) is 0.320. The number of ketones is 1. The zero-order valence-electron chi connectivity index (χ0n) is 19.8. The molecule has 1 saturated heterocycles. The van der Waals surface area contributed by atoms with Gasteiger partial charge >= 0.3 is 6.03 Å². The highest BCUT2D eigenvalue weighted by molar-refractivity contribution is 6.12. The maximum atomic E-state index is 13.5. The number of aromatic nitrogens is 1. The molecule has 7 heteroatoms. The monoisotopic (exact) mass is 457 g/mol. The lowest BCUT2D eigenvalue weighted by molar-refractivity contribution is -0.132. The number of amides is 3. The number of aryl methyl sites for hydroxylation is 3. The summed E-state index contributed by atoms with van der Waals surface area (Å²) in [4.78, 5) is 40.7. The van der Waals surface area contributed by atoms with Gasteiger partial charge < -0.3 is 14.6 Å². The lowest BCUT2D eigenvalue weighted by Crippen LogP contribution is -2.47. The fourth-order valence-corrected chi connectivity index (χ4v) is 5.05. The molecule has 1 aromatic heterocycles. The molecule has 0 bridgehead atoms. The summed E-state index contributed by atoms with van der Waals surface area (Å²) < 4.78 is 7.71. The van der Waals surface area contributed by atoms with Gasteiger partial charge in [0, 0.05) is 34.6 Å². The average molecular weight is 458 g/mol. The van der Waals surface area contributed by atoms with E-state index in [9.17, 15) is 14.4 Å². The molecule has 34 heavy (non-hydrogen) atoms. The third-order valence-corrected chi connectivity index (χ3v) is 7.04. The Labute approximate surface area is 198 Å². The standard InChI is InChI=1S/C27H27N3O4/c1-16-9-10-20(13-17(16)2)30-18(3)14-21(19(30)4)23(31)15-29-25(32)27(28-26(29)33)11-12-34-24-8-6-5-7-22(24)27/h5-10,13-14H,11-12,15H2,1-4H3,(H,28,33)/t27-/m1/s1. The number of hydrogen-bond acceptors (Lipinski definition) is 4. The minimum Gasteiger partial charge on any atom is -0.493 e. The van der Waals surface area contributed by atoms with Crippen LogP contribution in [0.5, 0.6) is 5.75 Å². The molecule has 2 aliphatic heterocycles. The molecule has 3 heterocycles. The number of urea groups is 1. The minimum absolute atomic E-state index is 0.274. The first kappa shape index (κ1) is 21.9. The van der Waals surface area contributed by atoms with Crippen molar-refractivity contribution in [2.45, 2.75) is 39.7 Å². The molecule has 1 fully saturated rings. The van der Waals surface area contributed by atoms with Crippen LogP contribution in [0.4, 0.5) is 4.79 Å². The fourth-order valence-electron chi connectivity index (χ4n) is 5.05. The zero-order valence-corrected chi connectivity index (χ0v) is 19.8. The molecule has 2 aromatic carbocycles. The number of carbonyl (C=O) groups excluding carboxylic acids is 3. The molecule has 0 unspecified atom stereocenters. The first-order valence-electron chi connectivity index (χ1n) is 11.4. The third kappa shape index (κ3) is 3.22. The molecule has 0 saturated carbocycles. The first-order chi connectivity index (χ1) is 16.2. The van der Waals surface area contributed by atoms with Gasteiger partial charge in [-0.2, -0.15) is 0 Å². The maximum absolute atomic E-state index is 13.5. The van der Waals surface area contributed by atoms with Crippen LogP contribution < -0.4 is 10.1 Å². The van der Waals surface area contributed by atoms with E-state index in [0.29, 0.717) is 29.9 Å². The topological polar surface area (TPSA) is 80.6 Å². The van der Waals surface area contributed by atoms with E-state index in [1.54, 1.807) is 12.1 Å². The summed E-state index contributed by atoms with van der Waals surface area (Å²) in [6, 6.07) is 14.6. The number of fused-ring (bicyclic) bond motifs is 2. The minimum atomic E-state index is -1.19. The number of carbonyl (C=O) groups is 3. The van der Waals surface area contributed by atoms with Gasteiger partial charge in [0.05, 0.1) is 13.2 Å². The van der Waals surface area contributed by atoms with Crippen LogP contribution in [0, 0.1) is 27.7 Å². The second-order valence-corrected chi connectivity index (χ2v) is 9.13. The van der Waals surface area contributed by atoms with Gasteiger partial charge in [0.15, 0.2) is 11.3 Å². The number of hydrogen-bond donors (Lipinski definition) is 1. The second-order valence-electron chi connectivity index (χ2n) is 9.13. The Hall–Kier alpha value is -3.87. The Balaban J connectivity index is 1.44. The average Bonchev–Trinajstić information content (AvgIpc) is 3.24. The van der Waals surface area contributed by atoms with Crippen molar-refractivity contribution in [1.29, 1.82) is 0 Å². The summed E-state index contributed by atoms with van der Waals surface area (Å²) in [5, 5.41) is 2.85. The Morgan fingerprint density at radius 3 is 2.56 bits per heavy atom. The number of rotatable bonds is 4. The zero-order chi connectivity index (χ0) is 24.2. The van der Waals surface area contributed by atoms with Crippen molar-refractivity contribution in [3.8, 4) is 11.4 Å². The maximum Gasteiger partial charge on any atom is 0.325 e. The Morgan fingerprint density at radius 2 is 1.79 bits per heavy atom. The number of imide groups is 1. The van der Waals surface area contributed by atoms with Gasteiger partial charge in [0.25, 0.3) is 5.91 Å². The summed E-state index contributed by atoms with van der Waals surface area (Å²) in [5.74, 6) is -0.110. The molecular weight excluding hydrogens is 430 g/mol. The number of nitrogens with one attached hydrogen (secondary N) is 1. The highest BCUT2D eigenvalue weighted by atomic mass is 16.5. The molecule has 1 N–H and O–H groups in total. The highest BCUT2D eigenvalue weighted by Crippen LogP contribution is 2.41. The predicted octanol–water partition coefficient (Wildman–Crippen LogP) is 4.12. The van der Waals surface area contributed by atoms with Crippen LogP contribution in [0.15, 0.2) is 48.5 Å². The Kier molecular flexibility index (Phi) is 5.08. The summed E-state index contributed by atoms with van der Waals surface area (Å²) >= 11 is 0. The molecule has 3 aromatic rings. The third-order valence-electron chi connectivity index (χ3n) is 7.04. The van der Waals surface area contributed by atoms with E-state index < -0.39 is 17.5 Å². The van der Waals surface area contributed by atoms with Crippen molar-refractivity contribution in [1.82, 2.24) is 14.8 Å². The van der Waals surface area contributed by atoms with E-state index in [0.717, 1.165) is 22.0 Å². The van der Waals surface area contributed by atoms with E-state index in [2.05, 4.69) is 31.3 Å². The molecule has 3 amide bonds. The molecule has 1 spiro atoms. The fraction of sp³-hybridized carbons (Fsp3) is 0.296. The van der Waals surface area contributed by atoms with Gasteiger partial charge in [-0.3, -0.25) is 14.5 Å². The smallest absolute Gasteiger partial charge is 0.325 e. The molecule has 1 atom stereocenters. The van der Waals surface area contributed by atoms with Crippen molar-refractivity contribution in [2.75, 3.05) is 13.2 Å². The molecule has 2 aliphatic rings. The molecule has 0 radical (unpaired) electrons. The van der Waals surface area contributed by atoms with Crippen LogP contribution in [-0.4, -0.2) is 40.3 Å². The highest BCUT2D eigenvalue weighted by Gasteiger charge is 2.55. The summed E-state index contributed by atoms with van der Waals surface area (Å²) in [7, 11) is 0. The van der Waals surface area contributed by atoms with E-state index in [4.69, 9.17) is 4.74 Å². The van der Waals surface area contributed by atoms with Crippen LogP contribution in [0.1, 0.15) is 44.9 Å². The van der Waals surface area contributed by atoms with Crippen molar-refractivity contribution in [3.63, 3.8) is 0 Å². The lowest BCUT2D eigenvalue weighted by atomic mass is 9.84. The van der Waals surface area contributed by atoms with Gasteiger partial charge in [-0.15, -0.1) is 0 Å². The molecule has 5 rings (SSSR count). The summed E-state index contributed by atoms with van der Waals surface area (Å²) in [6.45, 7) is 7.94. The van der Waals surface area contributed by atoms with Crippen molar-refractivity contribution in [3.05, 3.63) is 82.2 Å². The first-order valence-corrected chi connectivity index (χ1v) is 11.4. The largest absolute Gasteiger partial charge is 0.493 e. The normalized spacial score (nSPS) is 19.2. The van der Waals surface area contributed by atoms with Crippen LogP contribution in [0.25, 0.3) is 5.69 Å². The van der Waals surface area contributed by atoms with Crippen molar-refractivity contribution < 1.29 is 19.1 Å². The van der Waals surface area contributed by atoms with Crippen LogP contribution in [0.3, 0.4) is 0 Å². The number of benzene rings is 2. The second kappa shape index (κ2) is 7.87. The van der Waals surface area contributed by atoms with Gasteiger partial charge in [-0.05, 0) is 63.1 Å². The van der Waals surface area contributed by atoms with Crippen LogP contribution in [-0.2, 0) is 10.3 Å². The Morgan fingerprint density at radius 1 is 1.03 bits per heavy atom. The number of nitrogens with zero attached hydrogens (tertiary/aromatic N) is 2. The van der Waals surface area contributed by atoms with Gasteiger partial charge in [-0.25, -0.2) is 4.79 Å². The van der Waals surface area contributed by atoms with Gasteiger partial charge in [-0.1, -0.05) is 24.3 Å². The SMILES string of the molecule is Cc1ccc(-n2c(C)cc(C(=O)CN3C(=O)N[C@@]4(CCOc5ccccc54)C3=O)c2C)cc1C. The van der Waals surface area contributed by atoms with Crippen molar-refractivity contribution >= 4 is 17.7 Å². The van der Waals surface area contributed by atoms with E-state index in [1.165, 1.54) is 11.1 Å². The number of para-hydroxylation sites is 1. The number of ether oxygens (including phenoxy) is 1. The molecular formula is C27H27N3O4. The lowest BCUT2D eigenvalue weighted by Gasteiger charge is -2.33. The predicted molar refractivity (Wildman–Crippen MR) is 128 cm³/mol. The summed E-state index contributed by atoms with van der Waals surface area (Å²) in [5.41, 5.74) is 4.98. The molecule has 7 nitrogen and oxygen atoms in total. The quantitative estimate of drug-likeness (QED) is 0.472. The molecule has 0 aliphatic carbocycles. The molecule has 174 valence electrons. The van der Waals surface area contributed by atoms with Gasteiger partial charge in [0.1, 0.15) is 5.75 Å².